The Hall–Kier alpha value is -0.910. The van der Waals surface area contributed by atoms with Crippen LogP contribution in [-0.2, 0) is 16.6 Å². The molecule has 5 heteroatoms. The van der Waals surface area contributed by atoms with E-state index in [1.165, 1.54) is 12.8 Å². The van der Waals surface area contributed by atoms with Crippen molar-refractivity contribution in [3.8, 4) is 0 Å². The van der Waals surface area contributed by atoms with Crippen LogP contribution in [-0.4, -0.2) is 15.0 Å². The minimum Gasteiger partial charge on any atom is -0.326 e. The van der Waals surface area contributed by atoms with Crippen LogP contribution >= 0.6 is 0 Å². The summed E-state index contributed by atoms with van der Waals surface area (Å²) in [6.45, 7) is 4.98. The molecule has 21 heavy (non-hydrogen) atoms. The van der Waals surface area contributed by atoms with E-state index in [0.717, 1.165) is 29.9 Å². The average Bonchev–Trinajstić information content (AvgIpc) is 2.47. The molecule has 0 spiro atoms. The van der Waals surface area contributed by atoms with Crippen molar-refractivity contribution >= 4 is 10.0 Å². The quantitative estimate of drug-likeness (QED) is 0.878. The van der Waals surface area contributed by atoms with Crippen molar-refractivity contribution in [3.05, 3.63) is 29.3 Å². The first-order chi connectivity index (χ1) is 9.92. The molecule has 1 saturated carbocycles. The molecule has 1 fully saturated rings. The fraction of sp³-hybridized carbons (Fsp3) is 0.625. The van der Waals surface area contributed by atoms with Gasteiger partial charge in [-0.1, -0.05) is 31.9 Å². The third-order valence-corrected chi connectivity index (χ3v) is 6.04. The molecule has 118 valence electrons. The topological polar surface area (TPSA) is 72.2 Å². The Balaban J connectivity index is 2.05. The molecule has 4 nitrogen and oxygen atoms in total. The summed E-state index contributed by atoms with van der Waals surface area (Å²) in [4.78, 5) is 0.356. The SMILES string of the molecule is Cc1ccc(CN)cc1S(=O)(=O)NCC1CCC(C)CC1. The van der Waals surface area contributed by atoms with E-state index in [1.54, 1.807) is 6.07 Å². The van der Waals surface area contributed by atoms with Gasteiger partial charge in [0.15, 0.2) is 0 Å². The van der Waals surface area contributed by atoms with E-state index in [-0.39, 0.29) is 0 Å². The summed E-state index contributed by atoms with van der Waals surface area (Å²) in [5.74, 6) is 1.25. The van der Waals surface area contributed by atoms with Crippen molar-refractivity contribution in [3.63, 3.8) is 0 Å². The third-order valence-electron chi connectivity index (χ3n) is 4.48. The summed E-state index contributed by atoms with van der Waals surface area (Å²) in [5, 5.41) is 0. The van der Waals surface area contributed by atoms with Crippen LogP contribution in [0.5, 0.6) is 0 Å². The van der Waals surface area contributed by atoms with Gasteiger partial charge in [0.1, 0.15) is 0 Å². The highest BCUT2D eigenvalue weighted by Gasteiger charge is 2.22. The van der Waals surface area contributed by atoms with E-state index in [4.69, 9.17) is 5.73 Å². The average molecular weight is 310 g/mol. The Kier molecular flexibility index (Phi) is 5.41. The summed E-state index contributed by atoms with van der Waals surface area (Å²) >= 11 is 0. The van der Waals surface area contributed by atoms with Gasteiger partial charge in [0.05, 0.1) is 4.90 Å². The first-order valence-corrected chi connectivity index (χ1v) is 9.20. The molecule has 0 aliphatic heterocycles. The number of hydrogen-bond acceptors (Lipinski definition) is 3. The van der Waals surface area contributed by atoms with Crippen molar-refractivity contribution in [1.29, 1.82) is 0 Å². The molecule has 1 aromatic carbocycles. The number of aryl methyl sites for hydroxylation is 1. The first kappa shape index (κ1) is 16.5. The number of benzene rings is 1. The van der Waals surface area contributed by atoms with Crippen molar-refractivity contribution < 1.29 is 8.42 Å². The molecule has 0 amide bonds. The monoisotopic (exact) mass is 310 g/mol. The molecule has 0 saturated heterocycles. The van der Waals surface area contributed by atoms with E-state index in [0.29, 0.717) is 23.9 Å². The second-order valence-corrected chi connectivity index (χ2v) is 8.02. The van der Waals surface area contributed by atoms with E-state index < -0.39 is 10.0 Å². The maximum Gasteiger partial charge on any atom is 0.240 e. The second kappa shape index (κ2) is 6.90. The van der Waals surface area contributed by atoms with Gasteiger partial charge in [-0.2, -0.15) is 0 Å². The minimum absolute atomic E-state index is 0.351. The standard InChI is InChI=1S/C16H26N2O2S/c1-12-3-6-14(7-4-12)11-18-21(19,20)16-9-15(10-17)8-5-13(16)2/h5,8-9,12,14,18H,3-4,6-7,10-11,17H2,1-2H3. The summed E-state index contributed by atoms with van der Waals surface area (Å²) in [6, 6.07) is 5.37. The van der Waals surface area contributed by atoms with Gasteiger partial charge < -0.3 is 5.73 Å². The van der Waals surface area contributed by atoms with Gasteiger partial charge in [-0.3, -0.25) is 0 Å². The number of hydrogen-bond donors (Lipinski definition) is 2. The maximum atomic E-state index is 12.5. The third kappa shape index (κ3) is 4.28. The highest BCUT2D eigenvalue weighted by Crippen LogP contribution is 2.28. The molecular weight excluding hydrogens is 284 g/mol. The van der Waals surface area contributed by atoms with Gasteiger partial charge in [-0.15, -0.1) is 0 Å². The smallest absolute Gasteiger partial charge is 0.240 e. The van der Waals surface area contributed by atoms with Crippen molar-refractivity contribution in [2.45, 2.75) is 51.0 Å². The van der Waals surface area contributed by atoms with Crippen LogP contribution in [0.4, 0.5) is 0 Å². The van der Waals surface area contributed by atoms with E-state index in [1.807, 2.05) is 19.1 Å². The van der Waals surface area contributed by atoms with Crippen LogP contribution in [0.25, 0.3) is 0 Å². The van der Waals surface area contributed by atoms with Crippen LogP contribution in [0.1, 0.15) is 43.7 Å². The summed E-state index contributed by atoms with van der Waals surface area (Å²) in [5.41, 5.74) is 7.20. The molecular formula is C16H26N2O2S. The lowest BCUT2D eigenvalue weighted by Gasteiger charge is -2.26. The van der Waals surface area contributed by atoms with Gasteiger partial charge in [0, 0.05) is 13.1 Å². The highest BCUT2D eigenvalue weighted by atomic mass is 32.2. The lowest BCUT2D eigenvalue weighted by atomic mass is 9.83. The van der Waals surface area contributed by atoms with E-state index in [9.17, 15) is 8.42 Å². The Morgan fingerprint density at radius 2 is 1.90 bits per heavy atom. The largest absolute Gasteiger partial charge is 0.326 e. The fourth-order valence-electron chi connectivity index (χ4n) is 2.90. The number of nitrogens with one attached hydrogen (secondary N) is 1. The van der Waals surface area contributed by atoms with Gasteiger partial charge in [0.2, 0.25) is 10.0 Å². The fourth-order valence-corrected chi connectivity index (χ4v) is 4.31. The molecule has 0 radical (unpaired) electrons. The number of nitrogens with two attached hydrogens (primary N) is 1. The van der Waals surface area contributed by atoms with Gasteiger partial charge in [0.25, 0.3) is 0 Å². The predicted octanol–water partition coefficient (Wildman–Crippen LogP) is 2.56. The lowest BCUT2D eigenvalue weighted by Crippen LogP contribution is -2.31. The molecule has 2 rings (SSSR count). The van der Waals surface area contributed by atoms with Gasteiger partial charge >= 0.3 is 0 Å². The molecule has 0 atom stereocenters. The van der Waals surface area contributed by atoms with Crippen molar-refractivity contribution in [2.75, 3.05) is 6.54 Å². The molecule has 1 aliphatic rings. The van der Waals surface area contributed by atoms with Crippen LogP contribution in [0.15, 0.2) is 23.1 Å². The van der Waals surface area contributed by atoms with E-state index in [2.05, 4.69) is 11.6 Å². The Morgan fingerprint density at radius 1 is 1.24 bits per heavy atom. The molecule has 0 heterocycles. The number of sulfonamides is 1. The van der Waals surface area contributed by atoms with Gasteiger partial charge in [-0.05, 0) is 48.8 Å². The zero-order valence-electron chi connectivity index (χ0n) is 12.9. The molecule has 0 aromatic heterocycles. The molecule has 0 unspecified atom stereocenters. The zero-order valence-corrected chi connectivity index (χ0v) is 13.7. The Bertz CT molecular complexity index is 576. The van der Waals surface area contributed by atoms with Crippen LogP contribution in [0.3, 0.4) is 0 Å². The maximum absolute atomic E-state index is 12.5. The summed E-state index contributed by atoms with van der Waals surface area (Å²) in [7, 11) is -3.44. The minimum atomic E-state index is -3.44. The highest BCUT2D eigenvalue weighted by molar-refractivity contribution is 7.89. The van der Waals surface area contributed by atoms with E-state index >= 15 is 0 Å². The molecule has 1 aliphatic carbocycles. The Labute approximate surface area is 128 Å². The van der Waals surface area contributed by atoms with Crippen LogP contribution < -0.4 is 10.5 Å². The van der Waals surface area contributed by atoms with Crippen LogP contribution in [0, 0.1) is 18.8 Å². The van der Waals surface area contributed by atoms with Gasteiger partial charge in [-0.25, -0.2) is 13.1 Å². The Morgan fingerprint density at radius 3 is 2.52 bits per heavy atom. The zero-order chi connectivity index (χ0) is 15.5. The first-order valence-electron chi connectivity index (χ1n) is 7.71. The molecule has 3 N–H and O–H groups in total. The number of rotatable bonds is 5. The molecule has 1 aromatic rings. The normalized spacial score (nSPS) is 23.2. The van der Waals surface area contributed by atoms with Crippen molar-refractivity contribution in [1.82, 2.24) is 4.72 Å². The summed E-state index contributed by atoms with van der Waals surface area (Å²) in [6.07, 6.45) is 4.64. The molecule has 0 bridgehead atoms. The summed E-state index contributed by atoms with van der Waals surface area (Å²) < 4.78 is 27.7. The second-order valence-electron chi connectivity index (χ2n) is 6.28. The van der Waals surface area contributed by atoms with Crippen LogP contribution in [0.2, 0.25) is 0 Å². The lowest BCUT2D eigenvalue weighted by molar-refractivity contribution is 0.290. The van der Waals surface area contributed by atoms with Crippen molar-refractivity contribution in [2.24, 2.45) is 17.6 Å². The predicted molar refractivity (Wildman–Crippen MR) is 85.4 cm³/mol.